The molecule has 2 rings (SSSR count). The Labute approximate surface area is 114 Å². The van der Waals surface area contributed by atoms with Gasteiger partial charge in [0.05, 0.1) is 5.60 Å². The fraction of sp³-hybridized carbons (Fsp3) is 0.583. The normalized spacial score (nSPS) is 17.4. The highest BCUT2D eigenvalue weighted by molar-refractivity contribution is 7.11. The first-order chi connectivity index (χ1) is 8.91. The van der Waals surface area contributed by atoms with Gasteiger partial charge in [0.1, 0.15) is 0 Å². The van der Waals surface area contributed by atoms with Gasteiger partial charge < -0.3 is 15.1 Å². The molecule has 1 aliphatic rings. The quantitative estimate of drug-likeness (QED) is 0.867. The first-order valence-electron chi connectivity index (χ1n) is 6.08. The van der Waals surface area contributed by atoms with E-state index in [0.717, 1.165) is 24.2 Å². The second-order valence-corrected chi connectivity index (χ2v) is 5.79. The number of carboxylic acids is 1. The number of aliphatic hydroxyl groups is 1. The van der Waals surface area contributed by atoms with Crippen molar-refractivity contribution < 1.29 is 19.8 Å². The van der Waals surface area contributed by atoms with Gasteiger partial charge in [0.25, 0.3) is 5.91 Å². The van der Waals surface area contributed by atoms with E-state index in [9.17, 15) is 14.7 Å². The van der Waals surface area contributed by atoms with Crippen molar-refractivity contribution in [2.45, 2.75) is 31.3 Å². The first kappa shape index (κ1) is 14.0. The molecule has 0 aliphatic heterocycles. The van der Waals surface area contributed by atoms with Crippen LogP contribution in [0.5, 0.6) is 0 Å². The van der Waals surface area contributed by atoms with Crippen molar-refractivity contribution in [1.82, 2.24) is 9.88 Å². The van der Waals surface area contributed by atoms with Crippen LogP contribution in [0, 0.1) is 0 Å². The van der Waals surface area contributed by atoms with Crippen LogP contribution >= 0.6 is 11.3 Å². The Morgan fingerprint density at radius 3 is 2.63 bits per heavy atom. The minimum Gasteiger partial charge on any atom is -0.476 e. The van der Waals surface area contributed by atoms with Gasteiger partial charge in [0, 0.05) is 19.0 Å². The largest absolute Gasteiger partial charge is 0.476 e. The van der Waals surface area contributed by atoms with Gasteiger partial charge in [-0.05, 0) is 12.8 Å². The topological polar surface area (TPSA) is 90.7 Å². The number of carboxylic acid groups (broad SMARTS) is 1. The van der Waals surface area contributed by atoms with Crippen LogP contribution < -0.4 is 0 Å². The van der Waals surface area contributed by atoms with E-state index in [1.165, 1.54) is 10.3 Å². The van der Waals surface area contributed by atoms with E-state index in [0.29, 0.717) is 12.8 Å². The lowest BCUT2D eigenvalue weighted by atomic mass is 10.0. The summed E-state index contributed by atoms with van der Waals surface area (Å²) in [5, 5.41) is 20.5. The first-order valence-corrected chi connectivity index (χ1v) is 6.96. The Morgan fingerprint density at radius 1 is 1.47 bits per heavy atom. The van der Waals surface area contributed by atoms with E-state index in [1.54, 1.807) is 7.05 Å². The van der Waals surface area contributed by atoms with Gasteiger partial charge >= 0.3 is 5.97 Å². The molecule has 0 spiro atoms. The van der Waals surface area contributed by atoms with Gasteiger partial charge in [0.2, 0.25) is 0 Å². The third kappa shape index (κ3) is 3.10. The number of carbonyl (C=O) groups excluding carboxylic acids is 1. The monoisotopic (exact) mass is 284 g/mol. The molecule has 0 saturated heterocycles. The van der Waals surface area contributed by atoms with E-state index < -0.39 is 11.6 Å². The van der Waals surface area contributed by atoms with Crippen LogP contribution in [0.1, 0.15) is 46.0 Å². The van der Waals surface area contributed by atoms with Gasteiger partial charge in [-0.1, -0.05) is 12.8 Å². The highest BCUT2D eigenvalue weighted by Crippen LogP contribution is 2.30. The molecule has 0 unspecified atom stereocenters. The van der Waals surface area contributed by atoms with Crippen LogP contribution in [0.2, 0.25) is 0 Å². The summed E-state index contributed by atoms with van der Waals surface area (Å²) in [5.41, 5.74) is -0.932. The highest BCUT2D eigenvalue weighted by Gasteiger charge is 2.34. The second-order valence-electron chi connectivity index (χ2n) is 4.94. The van der Waals surface area contributed by atoms with Gasteiger partial charge in [-0.2, -0.15) is 0 Å². The Kier molecular flexibility index (Phi) is 3.86. The Morgan fingerprint density at radius 2 is 2.11 bits per heavy atom. The fourth-order valence-electron chi connectivity index (χ4n) is 2.34. The SMILES string of the molecule is CN(CC1(O)CCCC1)C(=O)c1nc(C(=O)O)cs1. The lowest BCUT2D eigenvalue weighted by Crippen LogP contribution is -2.42. The van der Waals surface area contributed by atoms with Crippen molar-refractivity contribution in [3.63, 3.8) is 0 Å². The molecule has 1 amide bonds. The summed E-state index contributed by atoms with van der Waals surface area (Å²) >= 11 is 1.01. The van der Waals surface area contributed by atoms with Crippen molar-refractivity contribution in [2.75, 3.05) is 13.6 Å². The number of nitrogens with zero attached hydrogens (tertiary/aromatic N) is 2. The summed E-state index contributed by atoms with van der Waals surface area (Å²) in [7, 11) is 1.60. The number of carbonyl (C=O) groups is 2. The van der Waals surface area contributed by atoms with Crippen molar-refractivity contribution in [3.05, 3.63) is 16.1 Å². The van der Waals surface area contributed by atoms with E-state index in [2.05, 4.69) is 4.98 Å². The molecule has 6 nitrogen and oxygen atoms in total. The number of likely N-dealkylation sites (N-methyl/N-ethyl adjacent to an activating group) is 1. The smallest absolute Gasteiger partial charge is 0.355 e. The summed E-state index contributed by atoms with van der Waals surface area (Å²) in [5.74, 6) is -1.50. The lowest BCUT2D eigenvalue weighted by Gasteiger charge is -2.28. The van der Waals surface area contributed by atoms with Gasteiger partial charge in [-0.25, -0.2) is 9.78 Å². The number of hydrogen-bond donors (Lipinski definition) is 2. The average Bonchev–Trinajstić information content (AvgIpc) is 2.97. The lowest BCUT2D eigenvalue weighted by molar-refractivity contribution is 0.0156. The van der Waals surface area contributed by atoms with Crippen LogP contribution in [0.4, 0.5) is 0 Å². The highest BCUT2D eigenvalue weighted by atomic mass is 32.1. The summed E-state index contributed by atoms with van der Waals surface area (Å²) in [6.45, 7) is 0.258. The Hall–Kier alpha value is -1.47. The molecule has 0 radical (unpaired) electrons. The molecule has 2 N–H and O–H groups in total. The van der Waals surface area contributed by atoms with Crippen molar-refractivity contribution in [3.8, 4) is 0 Å². The molecule has 19 heavy (non-hydrogen) atoms. The minimum atomic E-state index is -1.15. The molecule has 1 saturated carbocycles. The predicted molar refractivity (Wildman–Crippen MR) is 69.5 cm³/mol. The molecular weight excluding hydrogens is 268 g/mol. The van der Waals surface area contributed by atoms with Crippen molar-refractivity contribution in [1.29, 1.82) is 0 Å². The zero-order valence-electron chi connectivity index (χ0n) is 10.6. The van der Waals surface area contributed by atoms with E-state index in [1.807, 2.05) is 0 Å². The minimum absolute atomic E-state index is 0.124. The number of thiazole rings is 1. The molecule has 0 atom stereocenters. The van der Waals surface area contributed by atoms with Crippen LogP contribution in [0.3, 0.4) is 0 Å². The maximum atomic E-state index is 12.1. The van der Waals surface area contributed by atoms with Gasteiger partial charge in [-0.3, -0.25) is 4.79 Å². The summed E-state index contributed by atoms with van der Waals surface area (Å²) in [4.78, 5) is 28.0. The predicted octanol–water partition coefficient (Wildman–Crippen LogP) is 1.22. The Bertz CT molecular complexity index is 494. The number of rotatable bonds is 4. The molecule has 1 heterocycles. The summed E-state index contributed by atoms with van der Waals surface area (Å²) < 4.78 is 0. The standard InChI is InChI=1S/C12H16N2O4S/c1-14(7-12(18)4-2-3-5-12)10(15)9-13-8(6-19-9)11(16)17/h6,18H,2-5,7H2,1H3,(H,16,17). The number of hydrogen-bond acceptors (Lipinski definition) is 5. The average molecular weight is 284 g/mol. The number of amides is 1. The van der Waals surface area contributed by atoms with Crippen molar-refractivity contribution in [2.24, 2.45) is 0 Å². The fourth-order valence-corrected chi connectivity index (χ4v) is 3.12. The second kappa shape index (κ2) is 5.26. The summed E-state index contributed by atoms with van der Waals surface area (Å²) in [6, 6.07) is 0. The number of aromatic nitrogens is 1. The molecule has 1 fully saturated rings. The third-order valence-corrected chi connectivity index (χ3v) is 4.15. The van der Waals surface area contributed by atoms with Gasteiger partial charge in [0.15, 0.2) is 10.7 Å². The van der Waals surface area contributed by atoms with Gasteiger partial charge in [-0.15, -0.1) is 11.3 Å². The van der Waals surface area contributed by atoms with Crippen LogP contribution in [-0.2, 0) is 0 Å². The maximum absolute atomic E-state index is 12.1. The molecule has 1 aromatic heterocycles. The van der Waals surface area contributed by atoms with Crippen LogP contribution in [-0.4, -0.2) is 51.2 Å². The van der Waals surface area contributed by atoms with E-state index in [4.69, 9.17) is 5.11 Å². The molecule has 1 aromatic rings. The number of aromatic carboxylic acids is 1. The van der Waals surface area contributed by atoms with E-state index >= 15 is 0 Å². The molecule has 104 valence electrons. The molecule has 7 heteroatoms. The van der Waals surface area contributed by atoms with E-state index in [-0.39, 0.29) is 23.2 Å². The molecule has 1 aliphatic carbocycles. The van der Waals surface area contributed by atoms with Crippen LogP contribution in [0.25, 0.3) is 0 Å². The zero-order chi connectivity index (χ0) is 14.0. The summed E-state index contributed by atoms with van der Waals surface area (Å²) in [6.07, 6.45) is 3.34. The molecular formula is C12H16N2O4S. The van der Waals surface area contributed by atoms with Crippen LogP contribution in [0.15, 0.2) is 5.38 Å². The molecule has 0 aromatic carbocycles. The zero-order valence-corrected chi connectivity index (χ0v) is 11.4. The molecule has 0 bridgehead atoms. The third-order valence-electron chi connectivity index (χ3n) is 3.32. The van der Waals surface area contributed by atoms with Crippen molar-refractivity contribution >= 4 is 23.2 Å². The maximum Gasteiger partial charge on any atom is 0.355 e. The Balaban J connectivity index is 2.03.